The van der Waals surface area contributed by atoms with E-state index in [2.05, 4.69) is 41.9 Å². The summed E-state index contributed by atoms with van der Waals surface area (Å²) in [5, 5.41) is 16.0. The van der Waals surface area contributed by atoms with Crippen LogP contribution in [-0.2, 0) is 6.54 Å². The predicted molar refractivity (Wildman–Crippen MR) is 87.7 cm³/mol. The fraction of sp³-hybridized carbons (Fsp3) is 0.647. The van der Waals surface area contributed by atoms with Crippen LogP contribution in [0.4, 0.5) is 0 Å². The van der Waals surface area contributed by atoms with Gasteiger partial charge in [-0.2, -0.15) is 5.10 Å². The van der Waals surface area contributed by atoms with Crippen molar-refractivity contribution in [3.8, 4) is 0 Å². The highest BCUT2D eigenvalue weighted by Crippen LogP contribution is 2.30. The Morgan fingerprint density at radius 3 is 2.73 bits per heavy atom. The number of hydrogen-bond donors (Lipinski definition) is 1. The van der Waals surface area contributed by atoms with E-state index >= 15 is 0 Å². The molecule has 0 aromatic carbocycles. The quantitative estimate of drug-likeness (QED) is 0.922. The number of nitrogens with zero attached hydrogens (tertiary/aromatic N) is 4. The number of fused-ring (bicyclic) bond motifs is 1. The van der Waals surface area contributed by atoms with Crippen molar-refractivity contribution in [3.05, 3.63) is 24.0 Å². The summed E-state index contributed by atoms with van der Waals surface area (Å²) in [4.78, 5) is 6.77. The molecule has 0 saturated heterocycles. The molecular formula is C17H26N4O. The van der Waals surface area contributed by atoms with E-state index < -0.39 is 5.60 Å². The first-order chi connectivity index (χ1) is 10.5. The summed E-state index contributed by atoms with van der Waals surface area (Å²) in [6, 6.07) is 2.47. The molecule has 0 atom stereocenters. The smallest absolute Gasteiger partial charge is 0.157 e. The minimum atomic E-state index is -0.491. The number of pyridine rings is 1. The first-order valence-corrected chi connectivity index (χ1v) is 8.20. The lowest BCUT2D eigenvalue weighted by molar-refractivity contribution is 0.0145. The first kappa shape index (κ1) is 15.4. The van der Waals surface area contributed by atoms with Crippen LogP contribution in [0.25, 0.3) is 11.0 Å². The average Bonchev–Trinajstić information content (AvgIpc) is 3.04. The maximum Gasteiger partial charge on any atom is 0.157 e. The molecule has 2 heterocycles. The fourth-order valence-electron chi connectivity index (χ4n) is 3.51. The van der Waals surface area contributed by atoms with Crippen molar-refractivity contribution in [2.75, 3.05) is 13.6 Å². The molecule has 0 aliphatic heterocycles. The second-order valence-electron chi connectivity index (χ2n) is 7.04. The van der Waals surface area contributed by atoms with Crippen LogP contribution in [0.1, 0.15) is 51.1 Å². The molecule has 0 bridgehead atoms. The van der Waals surface area contributed by atoms with Gasteiger partial charge < -0.3 is 5.11 Å². The molecule has 5 heteroatoms. The minimum Gasteiger partial charge on any atom is -0.389 e. The van der Waals surface area contributed by atoms with Crippen LogP contribution < -0.4 is 0 Å². The zero-order valence-corrected chi connectivity index (χ0v) is 13.8. The second-order valence-corrected chi connectivity index (χ2v) is 7.04. The van der Waals surface area contributed by atoms with Gasteiger partial charge in [-0.3, -0.25) is 4.90 Å². The van der Waals surface area contributed by atoms with Crippen LogP contribution in [0.15, 0.2) is 18.5 Å². The van der Waals surface area contributed by atoms with Crippen LogP contribution in [0, 0.1) is 0 Å². The van der Waals surface area contributed by atoms with Gasteiger partial charge in [0.25, 0.3) is 0 Å². The Balaban J connectivity index is 1.71. The van der Waals surface area contributed by atoms with Crippen molar-refractivity contribution >= 4 is 11.0 Å². The van der Waals surface area contributed by atoms with Crippen LogP contribution >= 0.6 is 0 Å². The second kappa shape index (κ2) is 5.97. The van der Waals surface area contributed by atoms with E-state index in [0.717, 1.165) is 49.8 Å². The van der Waals surface area contributed by atoms with Gasteiger partial charge >= 0.3 is 0 Å². The SMILES string of the molecule is CC(C)n1ncc2cc(CN(C)CC3(O)CCCC3)cnc21. The highest BCUT2D eigenvalue weighted by molar-refractivity contribution is 5.75. The zero-order chi connectivity index (χ0) is 15.7. The van der Waals surface area contributed by atoms with Crippen molar-refractivity contribution in [1.29, 1.82) is 0 Å². The van der Waals surface area contributed by atoms with Gasteiger partial charge in [0.05, 0.1) is 11.8 Å². The Morgan fingerprint density at radius 2 is 2.05 bits per heavy atom. The maximum atomic E-state index is 10.5. The van der Waals surface area contributed by atoms with Crippen molar-refractivity contribution < 1.29 is 5.11 Å². The minimum absolute atomic E-state index is 0.315. The van der Waals surface area contributed by atoms with E-state index in [1.54, 1.807) is 0 Å². The van der Waals surface area contributed by atoms with Crippen LogP contribution in [0.2, 0.25) is 0 Å². The lowest BCUT2D eigenvalue weighted by Crippen LogP contribution is -2.38. The molecule has 1 fully saturated rings. The van der Waals surface area contributed by atoms with E-state index in [1.807, 2.05) is 17.1 Å². The van der Waals surface area contributed by atoms with Gasteiger partial charge in [0, 0.05) is 30.7 Å². The Kier molecular flexibility index (Phi) is 4.19. The third-order valence-corrected chi connectivity index (χ3v) is 4.53. The van der Waals surface area contributed by atoms with Crippen molar-refractivity contribution in [1.82, 2.24) is 19.7 Å². The molecule has 0 spiro atoms. The Hall–Kier alpha value is -1.46. The summed E-state index contributed by atoms with van der Waals surface area (Å²) in [5.74, 6) is 0. The summed E-state index contributed by atoms with van der Waals surface area (Å²) < 4.78 is 1.95. The molecule has 1 N–H and O–H groups in total. The predicted octanol–water partition coefficient (Wildman–Crippen LogP) is 2.75. The summed E-state index contributed by atoms with van der Waals surface area (Å²) in [7, 11) is 2.07. The van der Waals surface area contributed by atoms with Crippen LogP contribution in [-0.4, -0.2) is 44.0 Å². The number of aromatic nitrogens is 3. The number of likely N-dealkylation sites (N-methyl/N-ethyl adjacent to an activating group) is 1. The third-order valence-electron chi connectivity index (χ3n) is 4.53. The Bertz CT molecular complexity index is 643. The largest absolute Gasteiger partial charge is 0.389 e. The summed E-state index contributed by atoms with van der Waals surface area (Å²) in [5.41, 5.74) is 1.62. The molecule has 2 aromatic heterocycles. The third kappa shape index (κ3) is 3.15. The lowest BCUT2D eigenvalue weighted by Gasteiger charge is -2.28. The molecule has 0 unspecified atom stereocenters. The van der Waals surface area contributed by atoms with Crippen LogP contribution in [0.3, 0.4) is 0 Å². The normalized spacial score (nSPS) is 17.9. The summed E-state index contributed by atoms with van der Waals surface area (Å²) in [6.45, 7) is 5.75. The zero-order valence-electron chi connectivity index (χ0n) is 13.8. The molecule has 1 aliphatic rings. The van der Waals surface area contributed by atoms with Gasteiger partial charge in [0.15, 0.2) is 5.65 Å². The average molecular weight is 302 g/mol. The molecule has 0 radical (unpaired) electrons. The number of aliphatic hydroxyl groups is 1. The van der Waals surface area contributed by atoms with Gasteiger partial charge in [0.2, 0.25) is 0 Å². The molecule has 2 aromatic rings. The summed E-state index contributed by atoms with van der Waals surface area (Å²) in [6.07, 6.45) is 7.96. The molecule has 3 rings (SSSR count). The van der Waals surface area contributed by atoms with Gasteiger partial charge in [-0.25, -0.2) is 9.67 Å². The van der Waals surface area contributed by atoms with Crippen molar-refractivity contribution in [2.24, 2.45) is 0 Å². The van der Waals surface area contributed by atoms with Gasteiger partial charge in [0.1, 0.15) is 0 Å². The topological polar surface area (TPSA) is 54.2 Å². The monoisotopic (exact) mass is 302 g/mol. The lowest BCUT2D eigenvalue weighted by atomic mass is 10.0. The van der Waals surface area contributed by atoms with Crippen molar-refractivity contribution in [3.63, 3.8) is 0 Å². The van der Waals surface area contributed by atoms with Gasteiger partial charge in [-0.1, -0.05) is 12.8 Å². The fourth-order valence-corrected chi connectivity index (χ4v) is 3.51. The summed E-state index contributed by atoms with van der Waals surface area (Å²) >= 11 is 0. The number of hydrogen-bond acceptors (Lipinski definition) is 4. The maximum absolute atomic E-state index is 10.5. The highest BCUT2D eigenvalue weighted by atomic mass is 16.3. The van der Waals surface area contributed by atoms with Gasteiger partial charge in [-0.15, -0.1) is 0 Å². The number of rotatable bonds is 5. The van der Waals surface area contributed by atoms with E-state index in [4.69, 9.17) is 0 Å². The molecule has 1 saturated carbocycles. The molecule has 1 aliphatic carbocycles. The Morgan fingerprint density at radius 1 is 1.32 bits per heavy atom. The van der Waals surface area contributed by atoms with E-state index in [0.29, 0.717) is 6.04 Å². The molecule has 0 amide bonds. The molecule has 22 heavy (non-hydrogen) atoms. The molecular weight excluding hydrogens is 276 g/mol. The molecule has 5 nitrogen and oxygen atoms in total. The van der Waals surface area contributed by atoms with Crippen LogP contribution in [0.5, 0.6) is 0 Å². The van der Waals surface area contributed by atoms with Crippen molar-refractivity contribution in [2.45, 2.75) is 57.7 Å². The molecule has 120 valence electrons. The van der Waals surface area contributed by atoms with E-state index in [1.165, 1.54) is 5.56 Å². The highest BCUT2D eigenvalue weighted by Gasteiger charge is 2.32. The van der Waals surface area contributed by atoms with E-state index in [-0.39, 0.29) is 0 Å². The Labute approximate surface area is 132 Å². The van der Waals surface area contributed by atoms with Gasteiger partial charge in [-0.05, 0) is 45.4 Å². The first-order valence-electron chi connectivity index (χ1n) is 8.20. The van der Waals surface area contributed by atoms with E-state index in [9.17, 15) is 5.11 Å². The standard InChI is InChI=1S/C17H26N4O/c1-13(2)21-16-15(10-19-21)8-14(9-18-16)11-20(3)12-17(22)6-4-5-7-17/h8-10,13,22H,4-7,11-12H2,1-3H3.